The maximum atomic E-state index is 12.4. The number of carbonyl (C=O) groups is 4. The number of hydrogen-bond acceptors (Lipinski definition) is 8. The number of benzene rings is 4. The summed E-state index contributed by atoms with van der Waals surface area (Å²) in [5.74, 6) is 1.53. The number of alkyl halides is 1. The zero-order valence-corrected chi connectivity index (χ0v) is 47.0. The Hall–Kier alpha value is -5.39. The summed E-state index contributed by atoms with van der Waals surface area (Å²) < 4.78 is 16.4. The number of halogens is 1. The largest absolute Gasteiger partial charge is 0.507 e. The summed E-state index contributed by atoms with van der Waals surface area (Å²) in [6.45, 7) is 20.1. The fourth-order valence-electron chi connectivity index (χ4n) is 8.97. The highest BCUT2D eigenvalue weighted by atomic mass is 127. The molecule has 0 radical (unpaired) electrons. The van der Waals surface area contributed by atoms with Crippen molar-refractivity contribution < 1.29 is 38.5 Å². The number of nitrogens with one attached hydrogen (secondary N) is 4. The Balaban J connectivity index is 0.000000306. The number of rotatable bonds is 21. The Kier molecular flexibility index (Phi) is 25.9. The van der Waals surface area contributed by atoms with E-state index < -0.39 is 0 Å². The molecule has 0 saturated carbocycles. The average molecular weight is 1120 g/mol. The van der Waals surface area contributed by atoms with Gasteiger partial charge in [-0.2, -0.15) is 0 Å². The molecule has 2 aliphatic heterocycles. The van der Waals surface area contributed by atoms with Gasteiger partial charge in [0.15, 0.2) is 0 Å². The number of phenolic OH excluding ortho intramolecular Hbond substituents is 1. The lowest BCUT2D eigenvalue weighted by molar-refractivity contribution is -0.136. The van der Waals surface area contributed by atoms with Crippen LogP contribution in [-0.2, 0) is 43.0 Å². The molecule has 0 aliphatic carbocycles. The summed E-state index contributed by atoms with van der Waals surface area (Å²) in [4.78, 5) is 54.0. The second-order valence-corrected chi connectivity index (χ2v) is 19.6. The van der Waals surface area contributed by atoms with Gasteiger partial charge in [0, 0.05) is 76.3 Å². The Labute approximate surface area is 449 Å². The number of nitrogens with zero attached hydrogens (tertiary/aromatic N) is 2. The minimum atomic E-state index is -0.196. The van der Waals surface area contributed by atoms with Crippen molar-refractivity contribution in [2.75, 3.05) is 77.7 Å². The van der Waals surface area contributed by atoms with E-state index in [1.807, 2.05) is 77.1 Å². The number of methoxy groups -OCH3 is 1. The van der Waals surface area contributed by atoms with Crippen LogP contribution in [0.15, 0.2) is 84.9 Å². The van der Waals surface area contributed by atoms with E-state index in [0.717, 1.165) is 83.2 Å². The number of morpholine rings is 2. The zero-order valence-electron chi connectivity index (χ0n) is 44.8. The van der Waals surface area contributed by atoms with E-state index in [1.165, 1.54) is 5.56 Å². The zero-order chi connectivity index (χ0) is 53.2. The minimum Gasteiger partial charge on any atom is -0.507 e. The molecule has 2 saturated heterocycles. The first-order valence-electron chi connectivity index (χ1n) is 26.0. The van der Waals surface area contributed by atoms with E-state index in [2.05, 4.69) is 108 Å². The number of unbranched alkanes of at least 4 members (excludes halogenated alkanes) is 2. The molecule has 4 aromatic rings. The molecule has 0 aromatic heterocycles. The third-order valence-electron chi connectivity index (χ3n) is 13.4. The van der Waals surface area contributed by atoms with E-state index >= 15 is 0 Å². The van der Waals surface area contributed by atoms with Crippen molar-refractivity contribution in [3.8, 4) is 33.8 Å². The summed E-state index contributed by atoms with van der Waals surface area (Å²) in [7, 11) is 1.70. The SMILES string of the molecule is CCNC(=O)NCc1cccc(-c2ccc(C(C)(C)CCCCC(=O)N3CCOCC3)cc2O)c1.CCNC(=O)NCc1cccc(-c2ccc(C(C)(C)CCCCC(=O)N3CCOCC3)cc2OC)c1.CI. The molecule has 2 fully saturated rings. The van der Waals surface area contributed by atoms with Crippen molar-refractivity contribution in [1.82, 2.24) is 31.1 Å². The van der Waals surface area contributed by atoms with Crippen LogP contribution in [0.4, 0.5) is 9.59 Å². The lowest BCUT2D eigenvalue weighted by atomic mass is 9.79. The highest BCUT2D eigenvalue weighted by Gasteiger charge is 2.25. The van der Waals surface area contributed by atoms with Crippen LogP contribution in [0.5, 0.6) is 11.5 Å². The van der Waals surface area contributed by atoms with Gasteiger partial charge in [-0.1, -0.05) is 124 Å². The van der Waals surface area contributed by atoms with E-state index in [0.29, 0.717) is 91.6 Å². The molecule has 0 atom stereocenters. The summed E-state index contributed by atoms with van der Waals surface area (Å²) in [5.41, 5.74) is 7.87. The van der Waals surface area contributed by atoms with Gasteiger partial charge >= 0.3 is 12.1 Å². The molecule has 6 rings (SSSR count). The summed E-state index contributed by atoms with van der Waals surface area (Å²) in [5, 5.41) is 22.0. The highest BCUT2D eigenvalue weighted by molar-refractivity contribution is 14.1. The fourth-order valence-corrected chi connectivity index (χ4v) is 8.97. The third kappa shape index (κ3) is 19.8. The Bertz CT molecular complexity index is 2350. The molecule has 0 unspecified atom stereocenters. The van der Waals surface area contributed by atoms with Crippen LogP contribution in [0.1, 0.15) is 115 Å². The molecule has 5 N–H and O–H groups in total. The molecule has 14 nitrogen and oxygen atoms in total. The van der Waals surface area contributed by atoms with Crippen molar-refractivity contribution in [3.63, 3.8) is 0 Å². The molecular weight excluding hydrogens is 1040 g/mol. The van der Waals surface area contributed by atoms with E-state index in [1.54, 1.807) is 7.11 Å². The smallest absolute Gasteiger partial charge is 0.315 e. The van der Waals surface area contributed by atoms with Crippen molar-refractivity contribution >= 4 is 46.5 Å². The molecule has 2 heterocycles. The first-order valence-corrected chi connectivity index (χ1v) is 28.1. The molecule has 0 bridgehead atoms. The highest BCUT2D eigenvalue weighted by Crippen LogP contribution is 2.38. The number of urea groups is 2. The van der Waals surface area contributed by atoms with Gasteiger partial charge in [-0.25, -0.2) is 9.59 Å². The summed E-state index contributed by atoms with van der Waals surface area (Å²) in [6, 6.07) is 27.9. The lowest BCUT2D eigenvalue weighted by Gasteiger charge is -2.28. The van der Waals surface area contributed by atoms with Crippen molar-refractivity contribution in [1.29, 1.82) is 0 Å². The maximum absolute atomic E-state index is 12.4. The average Bonchev–Trinajstić information content (AvgIpc) is 3.41. The Morgan fingerprint density at radius 3 is 1.44 bits per heavy atom. The number of ether oxygens (including phenoxy) is 3. The molecule has 2 aliphatic rings. The van der Waals surface area contributed by atoms with Crippen LogP contribution in [0.3, 0.4) is 0 Å². The van der Waals surface area contributed by atoms with Gasteiger partial charge in [-0.15, -0.1) is 0 Å². The van der Waals surface area contributed by atoms with Crippen LogP contribution in [-0.4, -0.2) is 117 Å². The van der Waals surface area contributed by atoms with Gasteiger partial charge in [-0.3, -0.25) is 9.59 Å². The number of aromatic hydroxyl groups is 1. The molecule has 0 spiro atoms. The molecule has 400 valence electrons. The third-order valence-corrected chi connectivity index (χ3v) is 13.4. The number of phenols is 1. The van der Waals surface area contributed by atoms with Gasteiger partial charge in [0.2, 0.25) is 11.8 Å². The fraction of sp³-hybridized carbons (Fsp3) is 0.517. The normalized spacial score (nSPS) is 13.6. The quantitative estimate of drug-likeness (QED) is 0.0312. The van der Waals surface area contributed by atoms with Crippen molar-refractivity contribution in [2.24, 2.45) is 0 Å². The minimum absolute atomic E-state index is 0.0355. The van der Waals surface area contributed by atoms with E-state index in [4.69, 9.17) is 14.2 Å². The summed E-state index contributed by atoms with van der Waals surface area (Å²) in [6.07, 6.45) is 6.80. The lowest BCUT2D eigenvalue weighted by Crippen LogP contribution is -2.40. The predicted molar refractivity (Wildman–Crippen MR) is 302 cm³/mol. The van der Waals surface area contributed by atoms with Gasteiger partial charge < -0.3 is 50.4 Å². The first kappa shape index (κ1) is 60.2. The Morgan fingerprint density at radius 2 is 1.01 bits per heavy atom. The Morgan fingerprint density at radius 1 is 0.589 bits per heavy atom. The standard InChI is InChI=1S/C29H41N3O4.C28H39N3O4.CH3I/c1-5-30-28(34)31-21-22-9-8-10-23(19-22)25-13-12-24(20-26(25)35-4)29(2,3)14-7-6-11-27(33)32-15-17-36-18-16-32;1-4-29-27(34)30-20-21-8-7-9-22(18-21)24-12-11-23(19-25(24)32)28(2,3)13-6-5-10-26(33)31-14-16-35-17-15-31;1-2/h8-10,12-13,19-20H,5-7,11,14-18,21H2,1-4H3,(H2,30,31,34);7-9,11-12,18-19,32H,4-6,10,13-17,20H2,1-3H3,(H2,29,30,34);1H3. The maximum Gasteiger partial charge on any atom is 0.315 e. The topological polar surface area (TPSA) is 171 Å². The number of carbonyl (C=O) groups excluding carboxylic acids is 4. The van der Waals surface area contributed by atoms with E-state index in [9.17, 15) is 24.3 Å². The molecule has 4 aromatic carbocycles. The van der Waals surface area contributed by atoms with Crippen LogP contribution >= 0.6 is 22.6 Å². The van der Waals surface area contributed by atoms with Gasteiger partial charge in [-0.05, 0) is 113 Å². The number of hydrogen-bond donors (Lipinski definition) is 5. The summed E-state index contributed by atoms with van der Waals surface area (Å²) >= 11 is 2.15. The van der Waals surface area contributed by atoms with E-state index in [-0.39, 0.29) is 40.5 Å². The van der Waals surface area contributed by atoms with Gasteiger partial charge in [0.1, 0.15) is 11.5 Å². The second kappa shape index (κ2) is 31.4. The van der Waals surface area contributed by atoms with Gasteiger partial charge in [0.25, 0.3) is 0 Å². The molecule has 15 heteroatoms. The predicted octanol–water partition coefficient (Wildman–Crippen LogP) is 10.5. The second-order valence-electron chi connectivity index (χ2n) is 19.6. The first-order chi connectivity index (χ1) is 35.1. The molecular formula is C58H83IN6O8. The van der Waals surface area contributed by atoms with Gasteiger partial charge in [0.05, 0.1) is 33.5 Å². The number of amides is 6. The van der Waals surface area contributed by atoms with Crippen molar-refractivity contribution in [2.45, 2.75) is 117 Å². The van der Waals surface area contributed by atoms with Crippen LogP contribution in [0.2, 0.25) is 0 Å². The van der Waals surface area contributed by atoms with Crippen molar-refractivity contribution in [3.05, 3.63) is 107 Å². The van der Waals surface area contributed by atoms with Crippen LogP contribution in [0, 0.1) is 0 Å². The van der Waals surface area contributed by atoms with Crippen LogP contribution < -0.4 is 26.0 Å². The molecule has 73 heavy (non-hydrogen) atoms. The molecule has 6 amide bonds. The monoisotopic (exact) mass is 1120 g/mol. The van der Waals surface area contributed by atoms with Crippen LogP contribution in [0.25, 0.3) is 22.3 Å².